The molecule has 2 aromatic heterocycles. The molecule has 0 amide bonds. The van der Waals surface area contributed by atoms with Crippen molar-refractivity contribution in [2.75, 3.05) is 0 Å². The van der Waals surface area contributed by atoms with Crippen molar-refractivity contribution in [1.29, 1.82) is 0 Å². The molecule has 9 rings (SSSR count). The Bertz CT molecular complexity index is 3760. The number of aromatic nitrogens is 3. The molecule has 0 aliphatic heterocycles. The van der Waals surface area contributed by atoms with E-state index in [4.69, 9.17) is 14.1 Å². The van der Waals surface area contributed by atoms with Crippen LogP contribution in [0, 0.1) is 6.85 Å². The molecule has 372 valence electrons. The van der Waals surface area contributed by atoms with Crippen molar-refractivity contribution < 1.29 is 12.0 Å². The van der Waals surface area contributed by atoms with Gasteiger partial charge < -0.3 is 5.11 Å². The van der Waals surface area contributed by atoms with E-state index >= 15 is 0 Å². The van der Waals surface area contributed by atoms with Gasteiger partial charge in [-0.05, 0) is 133 Å². The van der Waals surface area contributed by atoms with E-state index in [1.807, 2.05) is 36.4 Å². The number of hydrogen-bond acceptors (Lipinski definition) is 3. The molecule has 9 aromatic rings. The largest absolute Gasteiger partial charge is 0.507 e. The van der Waals surface area contributed by atoms with Gasteiger partial charge in [0.05, 0.1) is 38.8 Å². The van der Waals surface area contributed by atoms with Crippen molar-refractivity contribution >= 4 is 24.3 Å². The molecule has 0 atom stereocenters. The fraction of sp³-hybridized carbons (Fsp3) is 0.294. The summed E-state index contributed by atoms with van der Waals surface area (Å²) in [6.45, 7) is 30.6. The van der Waals surface area contributed by atoms with Gasteiger partial charge in [0.25, 0.3) is 0 Å². The zero-order valence-electron chi connectivity index (χ0n) is 50.6. The average Bonchev–Trinajstić information content (AvgIpc) is 3.97. The Kier molecular flexibility index (Phi) is 11.4. The second-order valence-corrected chi connectivity index (χ2v) is 30.2. The van der Waals surface area contributed by atoms with Crippen molar-refractivity contribution in [1.82, 2.24) is 14.5 Å². The van der Waals surface area contributed by atoms with E-state index in [1.165, 1.54) is 5.56 Å². The number of nitrogens with zero attached hydrogens (tertiary/aromatic N) is 3. The minimum Gasteiger partial charge on any atom is -0.507 e. The molecule has 0 saturated carbocycles. The molecule has 7 aromatic carbocycles. The van der Waals surface area contributed by atoms with Crippen molar-refractivity contribution in [2.24, 2.45) is 0 Å². The normalized spacial score (nSPS) is 13.9. The molecule has 0 spiro atoms. The highest BCUT2D eigenvalue weighted by Gasteiger charge is 2.30. The summed E-state index contributed by atoms with van der Waals surface area (Å²) < 4.78 is 46.3. The lowest BCUT2D eigenvalue weighted by Crippen LogP contribution is -2.37. The Morgan fingerprint density at radius 2 is 1.15 bits per heavy atom. The zero-order valence-corrected chi connectivity index (χ0v) is 46.6. The van der Waals surface area contributed by atoms with Gasteiger partial charge in [-0.15, -0.1) is 0 Å². The third-order valence-corrected chi connectivity index (χ3v) is 16.3. The van der Waals surface area contributed by atoms with Gasteiger partial charge in [0, 0.05) is 32.6 Å². The number of rotatable bonds is 8. The number of benzene rings is 7. The Balaban J connectivity index is 1.27. The summed E-state index contributed by atoms with van der Waals surface area (Å²) in [5, 5.41) is 13.7. The summed E-state index contributed by atoms with van der Waals surface area (Å²) in [6.07, 6.45) is 1.73. The molecule has 5 heteroatoms. The van der Waals surface area contributed by atoms with E-state index in [-0.39, 0.29) is 45.1 Å². The van der Waals surface area contributed by atoms with Gasteiger partial charge in [0.15, 0.2) is 0 Å². The number of phenols is 1. The van der Waals surface area contributed by atoms with Gasteiger partial charge >= 0.3 is 0 Å². The van der Waals surface area contributed by atoms with E-state index < -0.39 is 14.9 Å². The molecular formula is C68H75N3OSi. The zero-order chi connectivity index (χ0) is 56.8. The van der Waals surface area contributed by atoms with Crippen LogP contribution in [0.15, 0.2) is 158 Å². The molecule has 2 heterocycles. The van der Waals surface area contributed by atoms with Crippen LogP contribution < -0.4 is 5.19 Å². The van der Waals surface area contributed by atoms with E-state index in [0.29, 0.717) is 39.3 Å². The number of para-hydroxylation sites is 1. The maximum Gasteiger partial charge on any atom is 0.149 e. The number of aryl methyl sites for hydroxylation is 1. The van der Waals surface area contributed by atoms with Crippen LogP contribution in [0.3, 0.4) is 0 Å². The van der Waals surface area contributed by atoms with E-state index in [9.17, 15) is 7.85 Å². The predicted molar refractivity (Wildman–Crippen MR) is 316 cm³/mol. The number of phenolic OH excluding ortho intramolecular Hbond substituents is 1. The van der Waals surface area contributed by atoms with Gasteiger partial charge in [-0.25, -0.2) is 4.98 Å². The fourth-order valence-electron chi connectivity index (χ4n) is 9.69. The number of pyridine rings is 1. The maximum atomic E-state index is 12.7. The fourth-order valence-corrected chi connectivity index (χ4v) is 10.8. The molecule has 0 unspecified atom stereocenters. The van der Waals surface area contributed by atoms with Gasteiger partial charge in [-0.1, -0.05) is 211 Å². The molecule has 0 aliphatic carbocycles. The molecule has 0 aliphatic rings. The van der Waals surface area contributed by atoms with Crippen molar-refractivity contribution in [3.63, 3.8) is 0 Å². The van der Waals surface area contributed by atoms with Gasteiger partial charge in [0.1, 0.15) is 11.6 Å². The van der Waals surface area contributed by atoms with Gasteiger partial charge in [0.2, 0.25) is 0 Å². The third-order valence-electron chi connectivity index (χ3n) is 14.3. The molecule has 1 N–H and O–H groups in total. The predicted octanol–water partition coefficient (Wildman–Crippen LogP) is 18.2. The average molecular weight is 983 g/mol. The van der Waals surface area contributed by atoms with Crippen LogP contribution in [0.1, 0.15) is 118 Å². The summed E-state index contributed by atoms with van der Waals surface area (Å²) in [5.41, 5.74) is 14.4. The highest BCUT2D eigenvalue weighted by atomic mass is 28.3. The highest BCUT2D eigenvalue weighted by molar-refractivity contribution is 6.88. The second-order valence-electron chi connectivity index (χ2n) is 25.1. The standard InChI is InChI=1S/C68H75N3OSi/c1-43-35-53(73(14,15)16)30-31-54(43)46-27-25-44(26-28-46)47-33-34-69-59(39-47)49-36-48(37-51(38-49)66(5,6)7)55-23-20-24-61-62(55)70-64(57-41-52(67(8,9)10)42-58(63(57)72)68(11,12)13)71(61)60-32-29-50(65(2,3)4)40-56(60)45-21-18-17-19-22-45/h17-42,72H,1-16H3/i1D3,25D,26D. The minimum atomic E-state index is -2.37. The van der Waals surface area contributed by atoms with Crippen LogP contribution in [-0.2, 0) is 21.7 Å². The lowest BCUT2D eigenvalue weighted by Gasteiger charge is -2.28. The number of aromatic hydroxyl groups is 1. The van der Waals surface area contributed by atoms with Crippen LogP contribution in [-0.4, -0.2) is 27.7 Å². The quantitative estimate of drug-likeness (QED) is 0.154. The topological polar surface area (TPSA) is 50.9 Å². The monoisotopic (exact) mass is 983 g/mol. The Morgan fingerprint density at radius 1 is 0.507 bits per heavy atom. The Labute approximate surface area is 444 Å². The Hall–Kier alpha value is -6.82. The number of fused-ring (bicyclic) bond motifs is 1. The smallest absolute Gasteiger partial charge is 0.149 e. The van der Waals surface area contributed by atoms with Crippen LogP contribution in [0.2, 0.25) is 19.6 Å². The van der Waals surface area contributed by atoms with Crippen LogP contribution in [0.25, 0.3) is 83.9 Å². The molecule has 4 nitrogen and oxygen atoms in total. The molecule has 0 saturated heterocycles. The SMILES string of the molecule is [2H]c1cc(-c2ccc([Si](C)(C)C)cc2C([2H])([2H])[2H])cc([2H])c1-c1ccnc(-c2cc(-c3cccc4c3nc(-c3cc(C(C)(C)C)cc(C(C)(C)C)c3O)n4-c3ccc(C(C)(C)C)cc3-c3ccccc3)cc(C(C)(C)C)c2)c1. The lowest BCUT2D eigenvalue weighted by molar-refractivity contribution is 0.446. The number of imidazole rings is 1. The first-order chi connectivity index (χ1) is 36.2. The summed E-state index contributed by atoms with van der Waals surface area (Å²) in [7, 11) is -1.83. The van der Waals surface area contributed by atoms with E-state index in [2.05, 4.69) is 198 Å². The Morgan fingerprint density at radius 3 is 1.79 bits per heavy atom. The third kappa shape index (κ3) is 10.3. The molecule has 0 radical (unpaired) electrons. The summed E-state index contributed by atoms with van der Waals surface area (Å²) in [6, 6.07) is 47.5. The highest BCUT2D eigenvalue weighted by Crippen LogP contribution is 2.46. The molecular weight excluding hydrogens is 903 g/mol. The first-order valence-corrected chi connectivity index (χ1v) is 29.2. The van der Waals surface area contributed by atoms with Crippen molar-refractivity contribution in [3.8, 4) is 78.6 Å². The second kappa shape index (κ2) is 18.6. The van der Waals surface area contributed by atoms with E-state index in [1.54, 1.807) is 18.3 Å². The first kappa shape index (κ1) is 44.8. The summed E-state index contributed by atoms with van der Waals surface area (Å²) >= 11 is 0. The van der Waals surface area contributed by atoms with Crippen molar-refractivity contribution in [2.45, 2.75) is 131 Å². The molecule has 73 heavy (non-hydrogen) atoms. The van der Waals surface area contributed by atoms with Gasteiger partial charge in [-0.2, -0.15) is 0 Å². The van der Waals surface area contributed by atoms with E-state index in [0.717, 1.165) is 66.4 Å². The maximum absolute atomic E-state index is 12.7. The summed E-state index contributed by atoms with van der Waals surface area (Å²) in [4.78, 5) is 10.6. The van der Waals surface area contributed by atoms with Gasteiger partial charge in [-0.3, -0.25) is 9.55 Å². The minimum absolute atomic E-state index is 0.120. The van der Waals surface area contributed by atoms with Crippen LogP contribution >= 0.6 is 0 Å². The van der Waals surface area contributed by atoms with Crippen molar-refractivity contribution in [3.05, 3.63) is 186 Å². The summed E-state index contributed by atoms with van der Waals surface area (Å²) in [5.74, 6) is 0.845. The number of hydrogen-bond donors (Lipinski definition) is 1. The lowest BCUT2D eigenvalue weighted by atomic mass is 9.79. The van der Waals surface area contributed by atoms with Crippen LogP contribution in [0.5, 0.6) is 5.75 Å². The molecule has 0 fully saturated rings. The first-order valence-electron chi connectivity index (χ1n) is 28.2. The molecule has 0 bridgehead atoms. The van der Waals surface area contributed by atoms with Crippen LogP contribution in [0.4, 0.5) is 0 Å².